The minimum atomic E-state index is 0.270. The lowest BCUT2D eigenvalue weighted by Crippen LogP contribution is -2.18. The quantitative estimate of drug-likeness (QED) is 0.494. The lowest BCUT2D eigenvalue weighted by Gasteiger charge is -2.07. The minimum absolute atomic E-state index is 0.270. The van der Waals surface area contributed by atoms with Gasteiger partial charge in [-0.2, -0.15) is 0 Å². The molecule has 3 nitrogen and oxygen atoms in total. The van der Waals surface area contributed by atoms with Gasteiger partial charge < -0.3 is 16.8 Å². The van der Waals surface area contributed by atoms with Crippen LogP contribution in [-0.2, 0) is 6.42 Å². The molecule has 0 heterocycles. The Morgan fingerprint density at radius 3 is 2.77 bits per heavy atom. The molecule has 0 saturated carbocycles. The number of nitrogens with one attached hydrogen (secondary N) is 1. The fourth-order valence-corrected chi connectivity index (χ4v) is 1.25. The Morgan fingerprint density at radius 2 is 2.23 bits per heavy atom. The summed E-state index contributed by atoms with van der Waals surface area (Å²) in [5, 5.41) is 3.13. The van der Waals surface area contributed by atoms with Crippen LogP contribution in [0.1, 0.15) is 12.5 Å². The minimum Gasteiger partial charge on any atom is -0.399 e. The molecule has 0 bridgehead atoms. The van der Waals surface area contributed by atoms with Crippen molar-refractivity contribution < 1.29 is 0 Å². The Bertz CT molecular complexity index is 323. The van der Waals surface area contributed by atoms with Crippen LogP contribution >= 0.6 is 12.2 Å². The van der Waals surface area contributed by atoms with E-state index in [0.717, 1.165) is 23.4 Å². The predicted octanol–water partition coefficient (Wildman–Crippen LogP) is 1.49. The summed E-state index contributed by atoms with van der Waals surface area (Å²) in [6.07, 6.45) is 0.901. The normalized spacial score (nSPS) is 9.62. The van der Waals surface area contributed by atoms with Crippen LogP contribution in [0.2, 0.25) is 0 Å². The number of rotatable bonds is 2. The third-order valence-electron chi connectivity index (χ3n) is 1.79. The number of hydrogen-bond acceptors (Lipinski definition) is 2. The Balaban J connectivity index is 2.92. The van der Waals surface area contributed by atoms with Crippen molar-refractivity contribution in [2.45, 2.75) is 13.3 Å². The first-order valence-electron chi connectivity index (χ1n) is 4.08. The average molecular weight is 195 g/mol. The van der Waals surface area contributed by atoms with E-state index >= 15 is 0 Å². The van der Waals surface area contributed by atoms with Crippen LogP contribution in [-0.4, -0.2) is 5.11 Å². The number of benzene rings is 1. The van der Waals surface area contributed by atoms with E-state index in [2.05, 4.69) is 12.2 Å². The zero-order valence-electron chi connectivity index (χ0n) is 7.50. The van der Waals surface area contributed by atoms with Gasteiger partial charge >= 0.3 is 0 Å². The molecule has 0 radical (unpaired) electrons. The highest BCUT2D eigenvalue weighted by atomic mass is 32.1. The summed E-state index contributed by atoms with van der Waals surface area (Å²) in [7, 11) is 0. The SMILES string of the molecule is CCc1cc(NC(N)=S)ccc1N. The van der Waals surface area contributed by atoms with Gasteiger partial charge in [0, 0.05) is 11.4 Å². The number of anilines is 2. The molecule has 1 aromatic rings. The Hall–Kier alpha value is -1.29. The monoisotopic (exact) mass is 195 g/mol. The van der Waals surface area contributed by atoms with Gasteiger partial charge in [-0.1, -0.05) is 6.92 Å². The summed E-state index contributed by atoms with van der Waals surface area (Å²) in [5.74, 6) is 0. The molecule has 1 aromatic carbocycles. The van der Waals surface area contributed by atoms with Gasteiger partial charge in [0.15, 0.2) is 5.11 Å². The fraction of sp³-hybridized carbons (Fsp3) is 0.222. The molecule has 0 unspecified atom stereocenters. The maximum Gasteiger partial charge on any atom is 0.168 e. The lowest BCUT2D eigenvalue weighted by atomic mass is 10.1. The molecule has 5 N–H and O–H groups in total. The molecular formula is C9H13N3S. The number of aryl methyl sites for hydroxylation is 1. The van der Waals surface area contributed by atoms with Gasteiger partial charge in [0.1, 0.15) is 0 Å². The van der Waals surface area contributed by atoms with Crippen molar-refractivity contribution in [3.63, 3.8) is 0 Å². The second kappa shape index (κ2) is 4.09. The molecule has 0 fully saturated rings. The van der Waals surface area contributed by atoms with Gasteiger partial charge in [-0.05, 0) is 42.4 Å². The summed E-state index contributed by atoms with van der Waals surface area (Å²) < 4.78 is 0. The van der Waals surface area contributed by atoms with Crippen molar-refractivity contribution in [1.82, 2.24) is 0 Å². The molecular weight excluding hydrogens is 182 g/mol. The summed E-state index contributed by atoms with van der Waals surface area (Å²) in [6, 6.07) is 5.65. The first-order chi connectivity index (χ1) is 6.13. The van der Waals surface area contributed by atoms with Gasteiger partial charge in [-0.15, -0.1) is 0 Å². The highest BCUT2D eigenvalue weighted by Gasteiger charge is 1.98. The number of hydrogen-bond donors (Lipinski definition) is 3. The van der Waals surface area contributed by atoms with Crippen LogP contribution in [0.3, 0.4) is 0 Å². The molecule has 0 aliphatic heterocycles. The second-order valence-electron chi connectivity index (χ2n) is 2.76. The Labute approximate surface area is 83.1 Å². The zero-order valence-corrected chi connectivity index (χ0v) is 8.32. The maximum atomic E-state index is 5.74. The van der Waals surface area contributed by atoms with E-state index in [9.17, 15) is 0 Å². The van der Waals surface area contributed by atoms with Crippen LogP contribution in [0.25, 0.3) is 0 Å². The van der Waals surface area contributed by atoms with Crippen LogP contribution in [0.4, 0.5) is 11.4 Å². The van der Waals surface area contributed by atoms with E-state index in [1.165, 1.54) is 0 Å². The largest absolute Gasteiger partial charge is 0.399 e. The molecule has 0 saturated heterocycles. The van der Waals surface area contributed by atoms with E-state index in [-0.39, 0.29) is 5.11 Å². The van der Waals surface area contributed by atoms with Crippen molar-refractivity contribution in [1.29, 1.82) is 0 Å². The molecule has 1 rings (SSSR count). The number of nitrogens with two attached hydrogens (primary N) is 2. The van der Waals surface area contributed by atoms with Gasteiger partial charge in [0.05, 0.1) is 0 Å². The highest BCUT2D eigenvalue weighted by molar-refractivity contribution is 7.80. The van der Waals surface area contributed by atoms with E-state index in [1.807, 2.05) is 18.2 Å². The van der Waals surface area contributed by atoms with Crippen molar-refractivity contribution in [2.24, 2.45) is 5.73 Å². The topological polar surface area (TPSA) is 64.1 Å². The number of thiocarbonyl (C=S) groups is 1. The van der Waals surface area contributed by atoms with Crippen molar-refractivity contribution in [3.8, 4) is 0 Å². The van der Waals surface area contributed by atoms with Crippen molar-refractivity contribution in [3.05, 3.63) is 23.8 Å². The second-order valence-corrected chi connectivity index (χ2v) is 3.20. The summed E-state index contributed by atoms with van der Waals surface area (Å²) >= 11 is 4.73. The molecule has 0 spiro atoms. The predicted molar refractivity (Wildman–Crippen MR) is 60.6 cm³/mol. The van der Waals surface area contributed by atoms with E-state index in [1.54, 1.807) is 0 Å². The Morgan fingerprint density at radius 1 is 1.54 bits per heavy atom. The zero-order chi connectivity index (χ0) is 9.84. The smallest absolute Gasteiger partial charge is 0.168 e. The number of nitrogen functional groups attached to an aromatic ring is 1. The highest BCUT2D eigenvalue weighted by Crippen LogP contribution is 2.17. The first-order valence-corrected chi connectivity index (χ1v) is 4.49. The molecule has 0 amide bonds. The lowest BCUT2D eigenvalue weighted by molar-refractivity contribution is 1.15. The van der Waals surface area contributed by atoms with Crippen LogP contribution < -0.4 is 16.8 Å². The van der Waals surface area contributed by atoms with E-state index in [0.29, 0.717) is 0 Å². The van der Waals surface area contributed by atoms with Gasteiger partial charge in [0.25, 0.3) is 0 Å². The standard InChI is InChI=1S/C9H13N3S/c1-2-6-5-7(12-9(11)13)3-4-8(6)10/h3-5H,2,10H2,1H3,(H3,11,12,13). The van der Waals surface area contributed by atoms with Crippen LogP contribution in [0, 0.1) is 0 Å². The molecule has 0 atom stereocenters. The third-order valence-corrected chi connectivity index (χ3v) is 1.89. The molecule has 70 valence electrons. The maximum absolute atomic E-state index is 5.74. The first kappa shape index (κ1) is 9.80. The molecule has 0 aliphatic rings. The summed E-state index contributed by atoms with van der Waals surface area (Å²) in [5.41, 5.74) is 13.9. The Kier molecular flexibility index (Phi) is 3.08. The van der Waals surface area contributed by atoms with Crippen molar-refractivity contribution >= 4 is 28.7 Å². The molecule has 0 aliphatic carbocycles. The fourth-order valence-electron chi connectivity index (χ4n) is 1.13. The van der Waals surface area contributed by atoms with Crippen molar-refractivity contribution in [2.75, 3.05) is 11.1 Å². The molecule has 4 heteroatoms. The van der Waals surface area contributed by atoms with Gasteiger partial charge in [-0.25, -0.2) is 0 Å². The average Bonchev–Trinajstić information content (AvgIpc) is 2.07. The van der Waals surface area contributed by atoms with Gasteiger partial charge in [-0.3, -0.25) is 0 Å². The van der Waals surface area contributed by atoms with Gasteiger partial charge in [0.2, 0.25) is 0 Å². The van der Waals surface area contributed by atoms with E-state index < -0.39 is 0 Å². The van der Waals surface area contributed by atoms with Crippen LogP contribution in [0.5, 0.6) is 0 Å². The summed E-state index contributed by atoms with van der Waals surface area (Å²) in [6.45, 7) is 2.05. The summed E-state index contributed by atoms with van der Waals surface area (Å²) in [4.78, 5) is 0. The molecule has 13 heavy (non-hydrogen) atoms. The van der Waals surface area contributed by atoms with E-state index in [4.69, 9.17) is 23.7 Å². The third kappa shape index (κ3) is 2.59. The van der Waals surface area contributed by atoms with Crippen LogP contribution in [0.15, 0.2) is 18.2 Å². The molecule has 0 aromatic heterocycles.